The number of pyridine rings is 1. The van der Waals surface area contributed by atoms with E-state index >= 15 is 0 Å². The molecule has 0 spiro atoms. The number of sulfonamides is 1. The molecule has 3 N–H and O–H groups in total. The molecule has 3 fully saturated rings. The first-order valence-electron chi connectivity index (χ1n) is 16.9. The Labute approximate surface area is 300 Å². The highest BCUT2D eigenvalue weighted by molar-refractivity contribution is 7.91. The predicted octanol–water partition coefficient (Wildman–Crippen LogP) is 1.64. The Kier molecular flexibility index (Phi) is 9.91. The smallest absolute Gasteiger partial charge is 0.408 e. The zero-order valence-corrected chi connectivity index (χ0v) is 29.9. The van der Waals surface area contributed by atoms with Gasteiger partial charge in [-0.25, -0.2) is 23.0 Å². The second-order valence-electron chi connectivity index (χ2n) is 14.2. The molecule has 1 aromatic carbocycles. The Hall–Kier alpha value is -5.19. The maximum absolute atomic E-state index is 14.3. The summed E-state index contributed by atoms with van der Waals surface area (Å²) in [7, 11) is -2.42. The number of hydrogen-bond donors (Lipinski definition) is 3. The number of rotatable bonds is 7. The zero-order chi connectivity index (χ0) is 37.4. The van der Waals surface area contributed by atoms with E-state index in [1.807, 2.05) is 0 Å². The van der Waals surface area contributed by atoms with Crippen LogP contribution in [0.15, 0.2) is 54.8 Å². The van der Waals surface area contributed by atoms with Crippen LogP contribution in [0.2, 0.25) is 0 Å². The van der Waals surface area contributed by atoms with Crippen molar-refractivity contribution in [2.75, 3.05) is 20.3 Å². The lowest BCUT2D eigenvalue weighted by Gasteiger charge is -2.30. The Morgan fingerprint density at radius 2 is 1.88 bits per heavy atom. The number of ether oxygens (including phenoxy) is 4. The summed E-state index contributed by atoms with van der Waals surface area (Å²) >= 11 is 0. The van der Waals surface area contributed by atoms with Crippen molar-refractivity contribution < 1.29 is 51.3 Å². The van der Waals surface area contributed by atoms with Gasteiger partial charge in [-0.15, -0.1) is 0 Å². The highest BCUT2D eigenvalue weighted by Gasteiger charge is 2.62. The number of esters is 1. The zero-order valence-electron chi connectivity index (χ0n) is 29.1. The number of carbonyl (C=O) groups excluding carboxylic acids is 5. The van der Waals surface area contributed by atoms with Crippen LogP contribution in [-0.4, -0.2) is 103 Å². The lowest BCUT2D eigenvalue weighted by molar-refractivity contribution is -0.145. The molecule has 2 aliphatic carbocycles. The molecule has 5 atom stereocenters. The van der Waals surface area contributed by atoms with Crippen LogP contribution in [0.4, 0.5) is 4.79 Å². The molecule has 1 aromatic heterocycles. The summed E-state index contributed by atoms with van der Waals surface area (Å²) in [6.45, 7) is 4.15. The minimum atomic E-state index is -3.96. The molecule has 6 rings (SSSR count). The summed E-state index contributed by atoms with van der Waals surface area (Å²) in [5.74, 6) is -3.05. The van der Waals surface area contributed by atoms with Gasteiger partial charge in [0.25, 0.3) is 5.91 Å². The number of methoxy groups -OCH3 is 1. The van der Waals surface area contributed by atoms with Crippen LogP contribution in [0.5, 0.6) is 11.6 Å². The van der Waals surface area contributed by atoms with Crippen molar-refractivity contribution in [3.05, 3.63) is 54.8 Å². The van der Waals surface area contributed by atoms with E-state index < -0.39 is 86.9 Å². The van der Waals surface area contributed by atoms with E-state index in [0.29, 0.717) is 24.0 Å². The summed E-state index contributed by atoms with van der Waals surface area (Å²) in [5, 5.41) is 5.93. The van der Waals surface area contributed by atoms with Crippen LogP contribution >= 0.6 is 0 Å². The fraction of sp³-hybridized carbons (Fsp3) is 0.486. The van der Waals surface area contributed by atoms with Crippen molar-refractivity contribution in [3.8, 4) is 11.6 Å². The number of hydrogen-bond acceptors (Lipinski definition) is 12. The highest BCUT2D eigenvalue weighted by atomic mass is 32.2. The molecular weight excluding hydrogens is 698 g/mol. The molecule has 1 saturated heterocycles. The van der Waals surface area contributed by atoms with Crippen LogP contribution in [0.3, 0.4) is 0 Å². The van der Waals surface area contributed by atoms with Gasteiger partial charge in [-0.1, -0.05) is 18.2 Å². The third kappa shape index (κ3) is 8.14. The average molecular weight is 740 g/mol. The Balaban J connectivity index is 1.33. The number of aromatic nitrogens is 1. The van der Waals surface area contributed by atoms with Crippen molar-refractivity contribution >= 4 is 50.6 Å². The maximum Gasteiger partial charge on any atom is 0.408 e. The van der Waals surface area contributed by atoms with Crippen LogP contribution in [0.1, 0.15) is 46.5 Å². The minimum Gasteiger partial charge on any atom is -0.497 e. The first-order chi connectivity index (χ1) is 24.6. The van der Waals surface area contributed by atoms with Crippen LogP contribution in [0, 0.1) is 5.92 Å². The van der Waals surface area contributed by atoms with Crippen molar-refractivity contribution in [2.24, 2.45) is 5.92 Å². The summed E-state index contributed by atoms with van der Waals surface area (Å²) in [5.41, 5.74) is -2.58. The van der Waals surface area contributed by atoms with Gasteiger partial charge in [-0.2, -0.15) is 0 Å². The second kappa shape index (κ2) is 14.1. The number of alkyl carbamates (subject to hydrolysis) is 1. The third-order valence-electron chi connectivity index (χ3n) is 9.09. The molecule has 278 valence electrons. The van der Waals surface area contributed by atoms with Gasteiger partial charge >= 0.3 is 12.1 Å². The van der Waals surface area contributed by atoms with Gasteiger partial charge < -0.3 is 34.5 Å². The monoisotopic (exact) mass is 739 g/mol. The minimum absolute atomic E-state index is 0.0619. The predicted molar refractivity (Wildman–Crippen MR) is 184 cm³/mol. The normalized spacial score (nSPS) is 27.8. The number of nitrogens with zero attached hydrogens (tertiary/aromatic N) is 2. The van der Waals surface area contributed by atoms with Crippen molar-refractivity contribution in [2.45, 2.75) is 81.0 Å². The molecule has 0 radical (unpaired) electrons. The van der Waals surface area contributed by atoms with Crippen molar-refractivity contribution in [3.63, 3.8) is 0 Å². The van der Waals surface area contributed by atoms with Crippen LogP contribution < -0.4 is 24.8 Å². The van der Waals surface area contributed by atoms with Gasteiger partial charge in [0.1, 0.15) is 41.7 Å². The molecule has 2 saturated carbocycles. The fourth-order valence-corrected chi connectivity index (χ4v) is 7.58. The molecule has 17 heteroatoms. The molecule has 2 aliphatic heterocycles. The number of benzene rings is 1. The maximum atomic E-state index is 14.3. The lowest BCUT2D eigenvalue weighted by atomic mass is 10.1. The van der Waals surface area contributed by atoms with Gasteiger partial charge in [0.05, 0.1) is 18.9 Å². The Morgan fingerprint density at radius 3 is 2.60 bits per heavy atom. The summed E-state index contributed by atoms with van der Waals surface area (Å²) in [4.78, 5) is 73.2. The summed E-state index contributed by atoms with van der Waals surface area (Å²) in [6.07, 6.45) is 6.10. The second-order valence-corrected chi connectivity index (χ2v) is 16.2. The largest absolute Gasteiger partial charge is 0.497 e. The number of carbonyl (C=O) groups is 5. The molecule has 4 amide bonds. The van der Waals surface area contributed by atoms with E-state index in [1.54, 1.807) is 64.4 Å². The average Bonchev–Trinajstić information content (AvgIpc) is 4.00. The van der Waals surface area contributed by atoms with Gasteiger partial charge in [0.15, 0.2) is 0 Å². The SMILES string of the molecule is COc1ccc2c(O[C@@H]3C[C@H]4C(=O)N[C@]5(C(=O)NS(=O)(=O)C6CC6)C[C@H]5/C=C\C=C\C(=O)OC[C@H](NC(=O)OC(C)(C)C)C(=O)N4C3)nccc2c1. The van der Waals surface area contributed by atoms with Crippen LogP contribution in [-0.2, 0) is 38.7 Å². The summed E-state index contributed by atoms with van der Waals surface area (Å²) < 4.78 is 49.9. The molecule has 4 aliphatic rings. The fourth-order valence-electron chi connectivity index (χ4n) is 6.22. The topological polar surface area (TPSA) is 209 Å². The van der Waals surface area contributed by atoms with Gasteiger partial charge in [0.2, 0.25) is 27.7 Å². The molecule has 0 bridgehead atoms. The molecule has 3 heterocycles. The van der Waals surface area contributed by atoms with E-state index in [4.69, 9.17) is 18.9 Å². The van der Waals surface area contributed by atoms with E-state index in [-0.39, 0.29) is 25.3 Å². The number of fused-ring (bicyclic) bond motifs is 3. The Morgan fingerprint density at radius 1 is 1.12 bits per heavy atom. The van der Waals surface area contributed by atoms with Gasteiger partial charge in [-0.05, 0) is 69.7 Å². The molecule has 52 heavy (non-hydrogen) atoms. The van der Waals surface area contributed by atoms with E-state index in [0.717, 1.165) is 11.5 Å². The number of allylic oxidation sites excluding steroid dienone is 2. The molecule has 0 unspecified atom stereocenters. The van der Waals surface area contributed by atoms with E-state index in [1.165, 1.54) is 17.1 Å². The highest BCUT2D eigenvalue weighted by Crippen LogP contribution is 2.46. The van der Waals surface area contributed by atoms with Gasteiger partial charge in [-0.3, -0.25) is 19.1 Å². The number of nitrogens with one attached hydrogen (secondary N) is 3. The first kappa shape index (κ1) is 36.6. The van der Waals surface area contributed by atoms with Crippen molar-refractivity contribution in [1.29, 1.82) is 0 Å². The Bertz CT molecular complexity index is 1950. The van der Waals surface area contributed by atoms with E-state index in [9.17, 15) is 32.4 Å². The number of amides is 4. The lowest BCUT2D eigenvalue weighted by Crippen LogP contribution is -2.59. The quantitative estimate of drug-likeness (QED) is 0.347. The van der Waals surface area contributed by atoms with E-state index in [2.05, 4.69) is 20.3 Å². The summed E-state index contributed by atoms with van der Waals surface area (Å²) in [6, 6.07) is 4.34. The third-order valence-corrected chi connectivity index (χ3v) is 10.9. The van der Waals surface area contributed by atoms with Crippen molar-refractivity contribution in [1.82, 2.24) is 25.2 Å². The molecule has 16 nitrogen and oxygen atoms in total. The van der Waals surface area contributed by atoms with Crippen LogP contribution in [0.25, 0.3) is 10.8 Å². The molecular formula is C35H41N5O11S. The standard InChI is InChI=1S/C35H41N5O11S/c1-34(2,3)51-33(45)37-26-19-49-28(41)8-6-5-7-21-17-35(21,32(44)39-52(46,47)24-10-11-24)38-29(42)27-16-23(18-40(27)31(26)43)50-30-25-12-9-22(48-4)15-20(25)13-14-36-30/h5-9,12-15,21,23-24,26-27H,10-11,16-19H2,1-4H3,(H,37,45)(H,38,42)(H,39,44)/b7-5-,8-6+/t21-,23-,26+,27+,35-/m1/s1. The molecule has 2 aromatic rings. The first-order valence-corrected chi connectivity index (χ1v) is 18.4. The van der Waals surface area contributed by atoms with Gasteiger partial charge in [0, 0.05) is 30.0 Å². The number of cyclic esters (lactones) is 1.